The van der Waals surface area contributed by atoms with Crippen LogP contribution in [-0.2, 0) is 29.2 Å². The third-order valence-electron chi connectivity index (χ3n) is 6.15. The van der Waals surface area contributed by atoms with Gasteiger partial charge in [-0.05, 0) is 55.9 Å². The van der Waals surface area contributed by atoms with Crippen LogP contribution in [0.4, 0.5) is 19.0 Å². The highest BCUT2D eigenvalue weighted by atomic mass is 32.1. The summed E-state index contributed by atoms with van der Waals surface area (Å²) in [5, 5.41) is 3.19. The lowest BCUT2D eigenvalue weighted by Gasteiger charge is -2.34. The fraction of sp³-hybridized carbons (Fsp3) is 0.370. The van der Waals surface area contributed by atoms with Crippen LogP contribution in [0.2, 0.25) is 0 Å². The van der Waals surface area contributed by atoms with Gasteiger partial charge in [0.25, 0.3) is 5.56 Å². The minimum atomic E-state index is -4.40. The molecule has 4 rings (SSSR count). The molecule has 0 aliphatic carbocycles. The standard InChI is InChI=1S/C27H29F3N4O4S/c1-17(2)38-25(36)22-23(34(20-7-5-4-6-8-20)26(39)32(3)24(22)35)31-21-16-33(13-14-37-21)15-18-9-11-19(12-10-18)27(28,29)30/h4-12,17,21,31H,13-16H2,1-3H3. The van der Waals surface area contributed by atoms with Crippen LogP contribution < -0.4 is 10.9 Å². The molecule has 2 heterocycles. The number of nitrogens with one attached hydrogen (secondary N) is 1. The van der Waals surface area contributed by atoms with Gasteiger partial charge in [-0.1, -0.05) is 30.3 Å². The summed E-state index contributed by atoms with van der Waals surface area (Å²) >= 11 is 5.60. The highest BCUT2D eigenvalue weighted by Crippen LogP contribution is 2.29. The number of benzene rings is 2. The summed E-state index contributed by atoms with van der Waals surface area (Å²) in [6.07, 6.45) is -5.52. The van der Waals surface area contributed by atoms with Gasteiger partial charge in [-0.3, -0.25) is 18.8 Å². The van der Waals surface area contributed by atoms with E-state index < -0.39 is 35.6 Å². The van der Waals surface area contributed by atoms with Crippen molar-refractivity contribution in [2.24, 2.45) is 7.05 Å². The fourth-order valence-electron chi connectivity index (χ4n) is 4.27. The van der Waals surface area contributed by atoms with Crippen molar-refractivity contribution >= 4 is 24.0 Å². The second kappa shape index (κ2) is 11.7. The van der Waals surface area contributed by atoms with Crippen LogP contribution in [0.5, 0.6) is 0 Å². The van der Waals surface area contributed by atoms with Gasteiger partial charge < -0.3 is 14.8 Å². The Balaban J connectivity index is 1.67. The predicted octanol–water partition coefficient (Wildman–Crippen LogP) is 4.76. The van der Waals surface area contributed by atoms with E-state index in [0.29, 0.717) is 37.5 Å². The van der Waals surface area contributed by atoms with E-state index in [1.807, 2.05) is 11.0 Å². The first kappa shape index (κ1) is 28.5. The third-order valence-corrected chi connectivity index (χ3v) is 6.61. The van der Waals surface area contributed by atoms with Gasteiger partial charge in [0.2, 0.25) is 0 Å². The summed E-state index contributed by atoms with van der Waals surface area (Å²) in [5.74, 6) is -0.661. The van der Waals surface area contributed by atoms with E-state index in [2.05, 4.69) is 5.32 Å². The van der Waals surface area contributed by atoms with E-state index in [4.69, 9.17) is 21.7 Å². The van der Waals surface area contributed by atoms with Gasteiger partial charge in [-0.15, -0.1) is 0 Å². The van der Waals surface area contributed by atoms with Gasteiger partial charge in [0.15, 0.2) is 10.3 Å². The van der Waals surface area contributed by atoms with Crippen molar-refractivity contribution in [3.8, 4) is 5.69 Å². The average molecular weight is 563 g/mol. The van der Waals surface area contributed by atoms with Crippen LogP contribution >= 0.6 is 12.2 Å². The predicted molar refractivity (Wildman–Crippen MR) is 142 cm³/mol. The summed E-state index contributed by atoms with van der Waals surface area (Å²) in [7, 11) is 1.49. The van der Waals surface area contributed by atoms with Crippen LogP contribution in [-0.4, -0.2) is 52.0 Å². The first-order valence-corrected chi connectivity index (χ1v) is 12.8. The molecule has 0 radical (unpaired) electrons. The van der Waals surface area contributed by atoms with E-state index >= 15 is 0 Å². The first-order valence-electron chi connectivity index (χ1n) is 12.3. The highest BCUT2D eigenvalue weighted by molar-refractivity contribution is 7.71. The van der Waals surface area contributed by atoms with E-state index in [1.165, 1.54) is 23.7 Å². The Kier molecular flexibility index (Phi) is 8.57. The van der Waals surface area contributed by atoms with Crippen molar-refractivity contribution in [2.45, 2.75) is 38.9 Å². The molecule has 1 saturated heterocycles. The maximum absolute atomic E-state index is 13.3. The van der Waals surface area contributed by atoms with Gasteiger partial charge in [0, 0.05) is 32.4 Å². The van der Waals surface area contributed by atoms with Crippen LogP contribution in [0, 0.1) is 4.77 Å². The number of carbonyl (C=O) groups is 1. The third kappa shape index (κ3) is 6.57. The zero-order valence-electron chi connectivity index (χ0n) is 21.7. The zero-order valence-corrected chi connectivity index (χ0v) is 22.5. The molecule has 0 saturated carbocycles. The van der Waals surface area contributed by atoms with Gasteiger partial charge in [0.1, 0.15) is 12.0 Å². The van der Waals surface area contributed by atoms with E-state index in [-0.39, 0.29) is 16.2 Å². The normalized spacial score (nSPS) is 16.3. The lowest BCUT2D eigenvalue weighted by molar-refractivity contribution is -0.137. The zero-order chi connectivity index (χ0) is 28.3. The van der Waals surface area contributed by atoms with Crippen LogP contribution in [0.15, 0.2) is 59.4 Å². The molecule has 12 heteroatoms. The molecule has 0 bridgehead atoms. The molecule has 39 heavy (non-hydrogen) atoms. The maximum atomic E-state index is 13.3. The molecule has 1 aromatic heterocycles. The van der Waals surface area contributed by atoms with Crippen molar-refractivity contribution in [1.82, 2.24) is 14.0 Å². The summed E-state index contributed by atoms with van der Waals surface area (Å²) in [6, 6.07) is 14.1. The Hall–Kier alpha value is -3.48. The maximum Gasteiger partial charge on any atom is 0.416 e. The van der Waals surface area contributed by atoms with Crippen LogP contribution in [0.1, 0.15) is 35.3 Å². The van der Waals surface area contributed by atoms with Gasteiger partial charge in [0.05, 0.1) is 18.3 Å². The van der Waals surface area contributed by atoms with Crippen molar-refractivity contribution in [2.75, 3.05) is 25.0 Å². The number of nitrogens with zero attached hydrogens (tertiary/aromatic N) is 3. The molecule has 1 N–H and O–H groups in total. The van der Waals surface area contributed by atoms with E-state index in [0.717, 1.165) is 12.1 Å². The summed E-state index contributed by atoms with van der Waals surface area (Å²) in [5.41, 5.74) is -0.198. The number of aromatic nitrogens is 2. The number of hydrogen-bond donors (Lipinski definition) is 1. The van der Waals surface area contributed by atoms with Crippen molar-refractivity contribution in [3.05, 3.63) is 86.4 Å². The van der Waals surface area contributed by atoms with Crippen molar-refractivity contribution in [1.29, 1.82) is 0 Å². The van der Waals surface area contributed by atoms with Crippen molar-refractivity contribution < 1.29 is 27.4 Å². The number of alkyl halides is 3. The number of anilines is 1. The molecule has 2 aromatic carbocycles. The topological polar surface area (TPSA) is 77.7 Å². The van der Waals surface area contributed by atoms with Gasteiger partial charge in [-0.2, -0.15) is 13.2 Å². The lowest BCUT2D eigenvalue weighted by atomic mass is 10.1. The molecule has 1 atom stereocenters. The van der Waals surface area contributed by atoms with Crippen LogP contribution in [0.3, 0.4) is 0 Å². The number of esters is 1. The van der Waals surface area contributed by atoms with Crippen molar-refractivity contribution in [3.63, 3.8) is 0 Å². The SMILES string of the molecule is CC(C)OC(=O)c1c(NC2CN(Cc3ccc(C(F)(F)F)cc3)CCO2)n(-c2ccccc2)c(=S)n(C)c1=O. The minimum Gasteiger partial charge on any atom is -0.459 e. The number of ether oxygens (including phenoxy) is 2. The second-order valence-electron chi connectivity index (χ2n) is 9.43. The Morgan fingerprint density at radius 1 is 1.15 bits per heavy atom. The Morgan fingerprint density at radius 2 is 1.82 bits per heavy atom. The molecule has 0 spiro atoms. The molecule has 1 aliphatic heterocycles. The molecule has 1 unspecified atom stereocenters. The molecular weight excluding hydrogens is 533 g/mol. The molecule has 1 aliphatic rings. The van der Waals surface area contributed by atoms with Gasteiger partial charge >= 0.3 is 12.1 Å². The highest BCUT2D eigenvalue weighted by Gasteiger charge is 2.31. The molecule has 208 valence electrons. The number of hydrogen-bond acceptors (Lipinski definition) is 7. The summed E-state index contributed by atoms with van der Waals surface area (Å²) < 4.78 is 53.1. The van der Waals surface area contributed by atoms with Gasteiger partial charge in [-0.25, -0.2) is 4.79 Å². The van der Waals surface area contributed by atoms with Crippen LogP contribution in [0.25, 0.3) is 5.69 Å². The first-order chi connectivity index (χ1) is 18.5. The molecule has 1 fully saturated rings. The molecule has 0 amide bonds. The summed E-state index contributed by atoms with van der Waals surface area (Å²) in [6.45, 7) is 4.96. The number of para-hydroxylation sites is 1. The Morgan fingerprint density at radius 3 is 2.44 bits per heavy atom. The Labute approximate surface area is 228 Å². The fourth-order valence-corrected chi connectivity index (χ4v) is 4.55. The molecule has 3 aromatic rings. The molecular formula is C27H29F3N4O4S. The molecule has 8 nitrogen and oxygen atoms in total. The monoisotopic (exact) mass is 562 g/mol. The average Bonchev–Trinajstić information content (AvgIpc) is 2.88. The van der Waals surface area contributed by atoms with E-state index in [9.17, 15) is 22.8 Å². The van der Waals surface area contributed by atoms with E-state index in [1.54, 1.807) is 42.7 Å². The summed E-state index contributed by atoms with van der Waals surface area (Å²) in [4.78, 5) is 28.4. The number of halogens is 3. The number of rotatable bonds is 7. The lowest BCUT2D eigenvalue weighted by Crippen LogP contribution is -2.46. The number of carbonyl (C=O) groups excluding carboxylic acids is 1. The smallest absolute Gasteiger partial charge is 0.416 e. The minimum absolute atomic E-state index is 0.140. The quantitative estimate of drug-likeness (QED) is 0.329. The largest absolute Gasteiger partial charge is 0.459 e. The Bertz CT molecular complexity index is 1440. The second-order valence-corrected chi connectivity index (χ2v) is 9.79. The number of morpholine rings is 1.